The average Bonchev–Trinajstić information content (AvgIpc) is 2.65. The Morgan fingerprint density at radius 2 is 1.89 bits per heavy atom. The maximum Gasteiger partial charge on any atom is 0.340 e. The smallest absolute Gasteiger partial charge is 0.340 e. The van der Waals surface area contributed by atoms with Gasteiger partial charge in [0.15, 0.2) is 6.61 Å². The fourth-order valence-corrected chi connectivity index (χ4v) is 2.66. The maximum atomic E-state index is 12.6. The molecule has 0 aliphatic rings. The molecule has 0 saturated carbocycles. The van der Waals surface area contributed by atoms with Crippen molar-refractivity contribution in [3.8, 4) is 0 Å². The van der Waals surface area contributed by atoms with Gasteiger partial charge in [-0.15, -0.1) is 0 Å². The summed E-state index contributed by atoms with van der Waals surface area (Å²) < 4.78 is 10.3. The monoisotopic (exact) mass is 387 g/mol. The Morgan fingerprint density at radius 3 is 2.57 bits per heavy atom. The van der Waals surface area contributed by atoms with Gasteiger partial charge in [-0.2, -0.15) is 0 Å². The summed E-state index contributed by atoms with van der Waals surface area (Å²) in [4.78, 5) is 40.5. The van der Waals surface area contributed by atoms with E-state index in [0.717, 1.165) is 10.9 Å². The van der Waals surface area contributed by atoms with Crippen LogP contribution < -0.4 is 10.6 Å². The number of ether oxygens (including phenoxy) is 2. The van der Waals surface area contributed by atoms with Gasteiger partial charge in [-0.05, 0) is 24.5 Å². The third-order valence-electron chi connectivity index (χ3n) is 3.97. The molecule has 1 aromatic heterocycles. The lowest BCUT2D eigenvalue weighted by atomic mass is 10.0. The standard InChI is InChI=1S/C20H25N3O5/c1-12(2)9-21-20(26)23-17(24)11-28-19(25)18-13(3)14-7-5-6-8-15(14)22-16(18)10-27-4/h5-8,12H,9-11H2,1-4H3,(H2,21,23,24,26). The number of hydrogen-bond acceptors (Lipinski definition) is 6. The molecule has 0 saturated heterocycles. The molecule has 0 aliphatic heterocycles. The number of carbonyl (C=O) groups excluding carboxylic acids is 3. The minimum Gasteiger partial charge on any atom is -0.452 e. The van der Waals surface area contributed by atoms with Crippen molar-refractivity contribution in [3.63, 3.8) is 0 Å². The average molecular weight is 387 g/mol. The number of hydrogen-bond donors (Lipinski definition) is 2. The molecule has 28 heavy (non-hydrogen) atoms. The fourth-order valence-electron chi connectivity index (χ4n) is 2.66. The van der Waals surface area contributed by atoms with Crippen molar-refractivity contribution in [2.75, 3.05) is 20.3 Å². The summed E-state index contributed by atoms with van der Waals surface area (Å²) in [6, 6.07) is 6.79. The van der Waals surface area contributed by atoms with Crippen molar-refractivity contribution in [3.05, 3.63) is 41.1 Å². The summed E-state index contributed by atoms with van der Waals surface area (Å²) in [6.07, 6.45) is 0. The Labute approximate surface area is 163 Å². The van der Waals surface area contributed by atoms with E-state index in [1.807, 2.05) is 38.1 Å². The largest absolute Gasteiger partial charge is 0.452 e. The summed E-state index contributed by atoms with van der Waals surface area (Å²) in [5.41, 5.74) is 2.12. The van der Waals surface area contributed by atoms with Crippen LogP contribution in [-0.2, 0) is 20.9 Å². The van der Waals surface area contributed by atoms with Crippen LogP contribution >= 0.6 is 0 Å². The number of aromatic nitrogens is 1. The van der Waals surface area contributed by atoms with Gasteiger partial charge < -0.3 is 14.8 Å². The molecular formula is C20H25N3O5. The third-order valence-corrected chi connectivity index (χ3v) is 3.97. The number of imide groups is 1. The zero-order valence-corrected chi connectivity index (χ0v) is 16.5. The number of benzene rings is 1. The van der Waals surface area contributed by atoms with Crippen molar-refractivity contribution < 1.29 is 23.9 Å². The molecule has 0 aliphatic carbocycles. The third kappa shape index (κ3) is 5.50. The topological polar surface area (TPSA) is 107 Å². The number of rotatable bonds is 7. The predicted molar refractivity (Wildman–Crippen MR) is 104 cm³/mol. The number of nitrogens with zero attached hydrogens (tertiary/aromatic N) is 1. The van der Waals surface area contributed by atoms with E-state index in [-0.39, 0.29) is 18.1 Å². The summed E-state index contributed by atoms with van der Waals surface area (Å²) >= 11 is 0. The lowest BCUT2D eigenvalue weighted by molar-refractivity contribution is -0.123. The van der Waals surface area contributed by atoms with E-state index in [0.29, 0.717) is 17.8 Å². The van der Waals surface area contributed by atoms with Crippen molar-refractivity contribution in [1.29, 1.82) is 0 Å². The first-order valence-corrected chi connectivity index (χ1v) is 8.95. The van der Waals surface area contributed by atoms with E-state index in [2.05, 4.69) is 15.6 Å². The Morgan fingerprint density at radius 1 is 1.18 bits per heavy atom. The molecule has 2 rings (SSSR count). The normalized spacial score (nSPS) is 10.8. The molecule has 0 fully saturated rings. The minimum atomic E-state index is -0.714. The first-order chi connectivity index (χ1) is 13.3. The van der Waals surface area contributed by atoms with Crippen molar-refractivity contribution in [1.82, 2.24) is 15.6 Å². The van der Waals surface area contributed by atoms with Gasteiger partial charge in [-0.25, -0.2) is 14.6 Å². The zero-order valence-electron chi connectivity index (χ0n) is 16.5. The van der Waals surface area contributed by atoms with Crippen LogP contribution in [0.4, 0.5) is 4.79 Å². The Balaban J connectivity index is 2.10. The number of aryl methyl sites for hydroxylation is 1. The summed E-state index contributed by atoms with van der Waals surface area (Å²) in [6.45, 7) is 5.63. The number of pyridine rings is 1. The number of nitrogens with one attached hydrogen (secondary N) is 2. The highest BCUT2D eigenvalue weighted by Gasteiger charge is 2.21. The molecule has 8 nitrogen and oxygen atoms in total. The molecule has 0 atom stereocenters. The van der Waals surface area contributed by atoms with Crippen LogP contribution in [0.5, 0.6) is 0 Å². The Bertz CT molecular complexity index is 880. The summed E-state index contributed by atoms with van der Waals surface area (Å²) in [5.74, 6) is -1.16. The quantitative estimate of drug-likeness (QED) is 0.706. The van der Waals surface area contributed by atoms with Crippen molar-refractivity contribution >= 4 is 28.8 Å². The van der Waals surface area contributed by atoms with Crippen LogP contribution in [0, 0.1) is 12.8 Å². The van der Waals surface area contributed by atoms with Gasteiger partial charge >= 0.3 is 12.0 Å². The van der Waals surface area contributed by atoms with Crippen LogP contribution in [0.25, 0.3) is 10.9 Å². The SMILES string of the molecule is COCc1nc2ccccc2c(C)c1C(=O)OCC(=O)NC(=O)NCC(C)C. The van der Waals surface area contributed by atoms with Gasteiger partial charge in [0, 0.05) is 19.0 Å². The lowest BCUT2D eigenvalue weighted by Gasteiger charge is -2.14. The van der Waals surface area contributed by atoms with E-state index in [9.17, 15) is 14.4 Å². The first-order valence-electron chi connectivity index (χ1n) is 8.95. The van der Waals surface area contributed by atoms with Gasteiger partial charge in [0.25, 0.3) is 5.91 Å². The predicted octanol–water partition coefficient (Wildman–Crippen LogP) is 2.33. The number of urea groups is 1. The second-order valence-electron chi connectivity index (χ2n) is 6.74. The highest BCUT2D eigenvalue weighted by atomic mass is 16.5. The highest BCUT2D eigenvalue weighted by molar-refractivity contribution is 6.00. The molecule has 0 radical (unpaired) electrons. The van der Waals surface area contributed by atoms with Crippen LogP contribution in [0.1, 0.15) is 35.5 Å². The second-order valence-corrected chi connectivity index (χ2v) is 6.74. The summed E-state index contributed by atoms with van der Waals surface area (Å²) in [5, 5.41) is 5.48. The van der Waals surface area contributed by atoms with Crippen LogP contribution in [0.2, 0.25) is 0 Å². The highest BCUT2D eigenvalue weighted by Crippen LogP contribution is 2.24. The van der Waals surface area contributed by atoms with Gasteiger partial charge in [0.2, 0.25) is 0 Å². The maximum absolute atomic E-state index is 12.6. The van der Waals surface area contributed by atoms with E-state index in [1.54, 1.807) is 6.92 Å². The Kier molecular flexibility index (Phi) is 7.45. The molecule has 0 spiro atoms. The van der Waals surface area contributed by atoms with Gasteiger partial charge in [0.1, 0.15) is 0 Å². The summed E-state index contributed by atoms with van der Waals surface area (Å²) in [7, 11) is 1.50. The zero-order chi connectivity index (χ0) is 20.7. The first kappa shape index (κ1) is 21.3. The number of fused-ring (bicyclic) bond motifs is 1. The molecule has 0 unspecified atom stereocenters. The van der Waals surface area contributed by atoms with Gasteiger partial charge in [-0.3, -0.25) is 10.1 Å². The number of carbonyl (C=O) groups is 3. The minimum absolute atomic E-state index is 0.125. The molecule has 2 N–H and O–H groups in total. The van der Waals surface area contributed by atoms with Gasteiger partial charge in [0.05, 0.1) is 23.4 Å². The van der Waals surface area contributed by atoms with Gasteiger partial charge in [-0.1, -0.05) is 32.0 Å². The second kappa shape index (κ2) is 9.80. The number of para-hydroxylation sites is 1. The number of methoxy groups -OCH3 is 1. The molecular weight excluding hydrogens is 362 g/mol. The molecule has 150 valence electrons. The molecule has 2 aromatic rings. The van der Waals surface area contributed by atoms with Crippen molar-refractivity contribution in [2.24, 2.45) is 5.92 Å². The molecule has 3 amide bonds. The molecule has 0 bridgehead atoms. The molecule has 1 aromatic carbocycles. The Hall–Kier alpha value is -3.00. The van der Waals surface area contributed by atoms with Crippen LogP contribution in [0.15, 0.2) is 24.3 Å². The number of esters is 1. The van der Waals surface area contributed by atoms with E-state index in [4.69, 9.17) is 9.47 Å². The van der Waals surface area contributed by atoms with E-state index in [1.165, 1.54) is 7.11 Å². The molecule has 8 heteroatoms. The lowest BCUT2D eigenvalue weighted by Crippen LogP contribution is -2.42. The fraction of sp³-hybridized carbons (Fsp3) is 0.400. The van der Waals surface area contributed by atoms with E-state index >= 15 is 0 Å². The molecule has 1 heterocycles. The van der Waals surface area contributed by atoms with Crippen LogP contribution in [0.3, 0.4) is 0 Å². The van der Waals surface area contributed by atoms with E-state index < -0.39 is 24.5 Å². The van der Waals surface area contributed by atoms with Crippen molar-refractivity contribution in [2.45, 2.75) is 27.4 Å². The van der Waals surface area contributed by atoms with Crippen LogP contribution in [-0.4, -0.2) is 43.2 Å². The number of amides is 3.